The number of rotatable bonds is 4. The van der Waals surface area contributed by atoms with Crippen LogP contribution in [0.25, 0.3) is 0 Å². The van der Waals surface area contributed by atoms with Gasteiger partial charge in [-0.1, -0.05) is 22.9 Å². The lowest BCUT2D eigenvalue weighted by Gasteiger charge is -2.15. The normalized spacial score (nSPS) is 12.2. The summed E-state index contributed by atoms with van der Waals surface area (Å²) in [6.45, 7) is 4.07. The molecule has 0 amide bonds. The number of halogens is 1. The Hall–Kier alpha value is -1.03. The van der Waals surface area contributed by atoms with Gasteiger partial charge in [-0.3, -0.25) is 0 Å². The topological polar surface area (TPSA) is 49.3 Å². The van der Waals surface area contributed by atoms with E-state index in [1.54, 1.807) is 18.2 Å². The first-order valence-corrected chi connectivity index (χ1v) is 5.63. The molecule has 1 aromatic rings. The van der Waals surface area contributed by atoms with Crippen molar-refractivity contribution in [2.75, 3.05) is 5.32 Å². The van der Waals surface area contributed by atoms with Crippen molar-refractivity contribution in [2.45, 2.75) is 26.3 Å². The van der Waals surface area contributed by atoms with Crippen LogP contribution in [-0.4, -0.2) is 17.1 Å². The van der Waals surface area contributed by atoms with Crippen molar-refractivity contribution in [1.29, 1.82) is 0 Å². The van der Waals surface area contributed by atoms with Gasteiger partial charge in [0.15, 0.2) is 0 Å². The summed E-state index contributed by atoms with van der Waals surface area (Å²) >= 11 is 3.32. The second kappa shape index (κ2) is 5.16. The summed E-state index contributed by atoms with van der Waals surface area (Å²) in [5.74, 6) is -0.909. The Bertz CT molecular complexity index is 366. The highest BCUT2D eigenvalue weighted by Gasteiger charge is 2.11. The summed E-state index contributed by atoms with van der Waals surface area (Å²) in [5.41, 5.74) is 0.963. The van der Waals surface area contributed by atoms with E-state index < -0.39 is 5.97 Å². The van der Waals surface area contributed by atoms with E-state index in [1.165, 1.54) is 0 Å². The molecule has 1 unspecified atom stereocenters. The van der Waals surface area contributed by atoms with Crippen molar-refractivity contribution < 1.29 is 9.90 Å². The lowest BCUT2D eigenvalue weighted by atomic mass is 10.1. The van der Waals surface area contributed by atoms with Crippen molar-refractivity contribution in [3.63, 3.8) is 0 Å². The smallest absolute Gasteiger partial charge is 0.337 e. The highest BCUT2D eigenvalue weighted by atomic mass is 79.9. The molecule has 0 saturated carbocycles. The molecule has 4 heteroatoms. The van der Waals surface area contributed by atoms with Crippen LogP contribution >= 0.6 is 15.9 Å². The summed E-state index contributed by atoms with van der Waals surface area (Å²) in [4.78, 5) is 10.9. The van der Waals surface area contributed by atoms with Gasteiger partial charge < -0.3 is 10.4 Å². The molecule has 2 N–H and O–H groups in total. The van der Waals surface area contributed by atoms with E-state index in [0.717, 1.165) is 10.9 Å². The fourth-order valence-electron chi connectivity index (χ4n) is 1.19. The molecule has 1 atom stereocenters. The largest absolute Gasteiger partial charge is 0.478 e. The predicted octanol–water partition coefficient (Wildman–Crippen LogP) is 3.36. The molecular weight excluding hydrogens is 258 g/mol. The molecular formula is C11H14BrNO2. The standard InChI is InChI=1S/C11H14BrNO2/c1-3-7(2)13-10-6-8(12)4-5-9(10)11(14)15/h4-7,13H,3H2,1-2H3,(H,14,15). The average molecular weight is 272 g/mol. The van der Waals surface area contributed by atoms with Gasteiger partial charge in [-0.25, -0.2) is 4.79 Å². The van der Waals surface area contributed by atoms with E-state index in [4.69, 9.17) is 5.11 Å². The third-order valence-electron chi connectivity index (χ3n) is 2.23. The maximum atomic E-state index is 10.9. The van der Waals surface area contributed by atoms with Crippen LogP contribution in [0.2, 0.25) is 0 Å². The van der Waals surface area contributed by atoms with Gasteiger partial charge in [0.05, 0.1) is 11.3 Å². The molecule has 0 aliphatic heterocycles. The van der Waals surface area contributed by atoms with Gasteiger partial charge in [0, 0.05) is 10.5 Å². The Morgan fingerprint density at radius 2 is 2.27 bits per heavy atom. The van der Waals surface area contributed by atoms with Crippen molar-refractivity contribution in [2.24, 2.45) is 0 Å². The van der Waals surface area contributed by atoms with Crippen molar-refractivity contribution in [1.82, 2.24) is 0 Å². The maximum absolute atomic E-state index is 10.9. The second-order valence-electron chi connectivity index (χ2n) is 3.45. The van der Waals surface area contributed by atoms with Gasteiger partial charge in [0.25, 0.3) is 0 Å². The van der Waals surface area contributed by atoms with E-state index in [2.05, 4.69) is 28.2 Å². The first kappa shape index (κ1) is 12.0. The number of aromatic carboxylic acids is 1. The SMILES string of the molecule is CCC(C)Nc1cc(Br)ccc1C(=O)O. The third kappa shape index (κ3) is 3.23. The summed E-state index contributed by atoms with van der Waals surface area (Å²) < 4.78 is 0.873. The Kier molecular flexibility index (Phi) is 4.15. The first-order valence-electron chi connectivity index (χ1n) is 4.84. The predicted molar refractivity (Wildman–Crippen MR) is 64.5 cm³/mol. The number of nitrogens with one attached hydrogen (secondary N) is 1. The number of anilines is 1. The number of benzene rings is 1. The Balaban J connectivity index is 3.02. The Morgan fingerprint density at radius 1 is 1.60 bits per heavy atom. The first-order chi connectivity index (χ1) is 7.04. The van der Waals surface area contributed by atoms with Crippen LogP contribution in [-0.2, 0) is 0 Å². The van der Waals surface area contributed by atoms with Gasteiger partial charge in [0.1, 0.15) is 0 Å². The molecule has 82 valence electrons. The maximum Gasteiger partial charge on any atom is 0.337 e. The minimum atomic E-state index is -0.909. The van der Waals surface area contributed by atoms with Crippen LogP contribution in [0.15, 0.2) is 22.7 Å². The molecule has 0 heterocycles. The molecule has 3 nitrogen and oxygen atoms in total. The van der Waals surface area contributed by atoms with Gasteiger partial charge >= 0.3 is 5.97 Å². The zero-order valence-electron chi connectivity index (χ0n) is 8.75. The van der Waals surface area contributed by atoms with E-state index >= 15 is 0 Å². The minimum Gasteiger partial charge on any atom is -0.478 e. The minimum absolute atomic E-state index is 0.261. The lowest BCUT2D eigenvalue weighted by Crippen LogP contribution is -2.16. The van der Waals surface area contributed by atoms with E-state index in [0.29, 0.717) is 11.3 Å². The van der Waals surface area contributed by atoms with Gasteiger partial charge in [-0.15, -0.1) is 0 Å². The Labute approximate surface area is 97.6 Å². The Morgan fingerprint density at radius 3 is 2.80 bits per heavy atom. The summed E-state index contributed by atoms with van der Waals surface area (Å²) in [5, 5.41) is 12.2. The molecule has 0 aliphatic rings. The molecule has 0 saturated heterocycles. The number of hydrogen-bond donors (Lipinski definition) is 2. The zero-order valence-corrected chi connectivity index (χ0v) is 10.3. The third-order valence-corrected chi connectivity index (χ3v) is 2.72. The summed E-state index contributed by atoms with van der Waals surface area (Å²) in [6, 6.07) is 5.37. The molecule has 1 aromatic carbocycles. The van der Waals surface area contributed by atoms with Crippen LogP contribution < -0.4 is 5.32 Å². The molecule has 0 fully saturated rings. The molecule has 15 heavy (non-hydrogen) atoms. The highest BCUT2D eigenvalue weighted by molar-refractivity contribution is 9.10. The van der Waals surface area contributed by atoms with Crippen LogP contribution in [0.5, 0.6) is 0 Å². The molecule has 0 radical (unpaired) electrons. The molecule has 0 aliphatic carbocycles. The fourth-order valence-corrected chi connectivity index (χ4v) is 1.55. The number of hydrogen-bond acceptors (Lipinski definition) is 2. The van der Waals surface area contributed by atoms with Gasteiger partial charge in [-0.05, 0) is 31.5 Å². The van der Waals surface area contributed by atoms with Gasteiger partial charge in [-0.2, -0.15) is 0 Å². The second-order valence-corrected chi connectivity index (χ2v) is 4.36. The molecule has 0 aromatic heterocycles. The van der Waals surface area contributed by atoms with E-state index in [1.807, 2.05) is 6.92 Å². The number of carboxylic acids is 1. The van der Waals surface area contributed by atoms with Crippen molar-refractivity contribution >= 4 is 27.6 Å². The molecule has 0 spiro atoms. The van der Waals surface area contributed by atoms with Crippen LogP contribution in [0.1, 0.15) is 30.6 Å². The van der Waals surface area contributed by atoms with Gasteiger partial charge in [0.2, 0.25) is 0 Å². The fraction of sp³-hybridized carbons (Fsp3) is 0.364. The zero-order chi connectivity index (χ0) is 11.4. The van der Waals surface area contributed by atoms with Crippen molar-refractivity contribution in [3.05, 3.63) is 28.2 Å². The number of carboxylic acid groups (broad SMARTS) is 1. The van der Waals surface area contributed by atoms with Crippen LogP contribution in [0.4, 0.5) is 5.69 Å². The average Bonchev–Trinajstić information content (AvgIpc) is 2.17. The highest BCUT2D eigenvalue weighted by Crippen LogP contribution is 2.22. The van der Waals surface area contributed by atoms with E-state index in [9.17, 15) is 4.79 Å². The summed E-state index contributed by atoms with van der Waals surface area (Å²) in [7, 11) is 0. The van der Waals surface area contributed by atoms with Crippen LogP contribution in [0.3, 0.4) is 0 Å². The van der Waals surface area contributed by atoms with Crippen molar-refractivity contribution in [3.8, 4) is 0 Å². The quantitative estimate of drug-likeness (QED) is 0.883. The monoisotopic (exact) mass is 271 g/mol. The van der Waals surface area contributed by atoms with Crippen LogP contribution in [0, 0.1) is 0 Å². The molecule has 1 rings (SSSR count). The van der Waals surface area contributed by atoms with E-state index in [-0.39, 0.29) is 6.04 Å². The lowest BCUT2D eigenvalue weighted by molar-refractivity contribution is 0.0698. The summed E-state index contributed by atoms with van der Waals surface area (Å²) in [6.07, 6.45) is 0.950. The number of carbonyl (C=O) groups is 1. The molecule has 0 bridgehead atoms.